The van der Waals surface area contributed by atoms with Crippen LogP contribution in [0.15, 0.2) is 71.3 Å². The van der Waals surface area contributed by atoms with Crippen LogP contribution < -0.4 is 10.2 Å². The molecule has 1 N–H and O–H groups in total. The summed E-state index contributed by atoms with van der Waals surface area (Å²) in [6, 6.07) is 17.7. The van der Waals surface area contributed by atoms with Gasteiger partial charge in [-0.15, -0.1) is 0 Å². The number of furan rings is 1. The first-order chi connectivity index (χ1) is 16.0. The van der Waals surface area contributed by atoms with Gasteiger partial charge in [-0.1, -0.05) is 19.1 Å². The van der Waals surface area contributed by atoms with Gasteiger partial charge < -0.3 is 14.6 Å². The highest BCUT2D eigenvalue weighted by molar-refractivity contribution is 5.91. The molecule has 0 saturated carbocycles. The monoisotopic (exact) mass is 446 g/mol. The molecule has 0 unspecified atom stereocenters. The van der Waals surface area contributed by atoms with Gasteiger partial charge >= 0.3 is 0 Å². The minimum Gasteiger partial charge on any atom is -0.467 e. The van der Waals surface area contributed by atoms with Crippen LogP contribution in [0.5, 0.6) is 0 Å². The van der Waals surface area contributed by atoms with Crippen molar-refractivity contribution in [1.82, 2.24) is 15.3 Å². The van der Waals surface area contributed by atoms with Crippen LogP contribution in [0.25, 0.3) is 22.3 Å². The number of para-hydroxylation sites is 1. The van der Waals surface area contributed by atoms with Crippen molar-refractivity contribution in [3.63, 3.8) is 0 Å². The predicted molar refractivity (Wildman–Crippen MR) is 127 cm³/mol. The molecule has 2 heterocycles. The lowest BCUT2D eigenvalue weighted by Crippen LogP contribution is -2.35. The Kier molecular flexibility index (Phi) is 6.98. The number of hydrogen-bond donors (Lipinski definition) is 1. The fourth-order valence-electron chi connectivity index (χ4n) is 3.57. The number of hydrogen-bond acceptors (Lipinski definition) is 5. The van der Waals surface area contributed by atoms with Gasteiger partial charge in [0.1, 0.15) is 17.4 Å². The number of nitrogens with zero attached hydrogens (tertiary/aromatic N) is 3. The number of amides is 1. The van der Waals surface area contributed by atoms with Crippen LogP contribution in [-0.4, -0.2) is 28.5 Å². The van der Waals surface area contributed by atoms with Gasteiger partial charge in [-0.05, 0) is 61.9 Å². The first-order valence-electron chi connectivity index (χ1n) is 11.1. The zero-order chi connectivity index (χ0) is 23.2. The van der Waals surface area contributed by atoms with Crippen molar-refractivity contribution < 1.29 is 13.6 Å². The molecule has 0 spiro atoms. The average Bonchev–Trinajstić information content (AvgIpc) is 3.34. The number of benzene rings is 2. The van der Waals surface area contributed by atoms with E-state index in [0.717, 1.165) is 28.6 Å². The summed E-state index contributed by atoms with van der Waals surface area (Å²) in [5.74, 6) is 1.64. The number of anilines is 1. The normalized spacial score (nSPS) is 12.0. The van der Waals surface area contributed by atoms with Gasteiger partial charge in [-0.3, -0.25) is 4.79 Å². The summed E-state index contributed by atoms with van der Waals surface area (Å²) < 4.78 is 19.1. The maximum Gasteiger partial charge on any atom is 0.221 e. The van der Waals surface area contributed by atoms with E-state index in [2.05, 4.69) is 5.32 Å². The molecule has 0 saturated heterocycles. The number of aromatic nitrogens is 2. The average molecular weight is 447 g/mol. The minimum absolute atomic E-state index is 0.00841. The molecule has 7 heteroatoms. The van der Waals surface area contributed by atoms with E-state index in [4.69, 9.17) is 14.4 Å². The highest BCUT2D eigenvalue weighted by Crippen LogP contribution is 2.29. The SMILES string of the molecule is CC[C@H](C)NC(=O)CCN(Cc1ccco1)c1nc(-c2ccc(F)cc2)nc2ccccc12. The lowest BCUT2D eigenvalue weighted by molar-refractivity contribution is -0.121. The molecule has 2 aromatic carbocycles. The van der Waals surface area contributed by atoms with Crippen LogP contribution in [-0.2, 0) is 11.3 Å². The van der Waals surface area contributed by atoms with E-state index in [0.29, 0.717) is 31.2 Å². The van der Waals surface area contributed by atoms with Crippen LogP contribution in [0.1, 0.15) is 32.4 Å². The molecule has 0 aliphatic heterocycles. The molecule has 0 bridgehead atoms. The first-order valence-corrected chi connectivity index (χ1v) is 11.1. The largest absolute Gasteiger partial charge is 0.467 e. The number of carbonyl (C=O) groups is 1. The van der Waals surface area contributed by atoms with Crippen LogP contribution >= 0.6 is 0 Å². The molecule has 170 valence electrons. The van der Waals surface area contributed by atoms with E-state index in [-0.39, 0.29) is 17.8 Å². The number of rotatable bonds is 9. The summed E-state index contributed by atoms with van der Waals surface area (Å²) in [7, 11) is 0. The Bertz CT molecular complexity index is 1210. The highest BCUT2D eigenvalue weighted by atomic mass is 19.1. The second-order valence-corrected chi connectivity index (χ2v) is 8.02. The number of halogens is 1. The van der Waals surface area contributed by atoms with Gasteiger partial charge in [0.2, 0.25) is 5.91 Å². The Hall–Kier alpha value is -3.74. The number of nitrogens with one attached hydrogen (secondary N) is 1. The smallest absolute Gasteiger partial charge is 0.221 e. The molecule has 0 radical (unpaired) electrons. The number of fused-ring (bicyclic) bond motifs is 1. The summed E-state index contributed by atoms with van der Waals surface area (Å²) in [4.78, 5) is 24.1. The molecule has 0 fully saturated rings. The van der Waals surface area contributed by atoms with Crippen LogP contribution in [0, 0.1) is 5.82 Å². The fourth-order valence-corrected chi connectivity index (χ4v) is 3.57. The summed E-state index contributed by atoms with van der Waals surface area (Å²) in [5.41, 5.74) is 1.49. The van der Waals surface area contributed by atoms with Gasteiger partial charge in [-0.25, -0.2) is 14.4 Å². The Morgan fingerprint density at radius 1 is 1.09 bits per heavy atom. The molecular formula is C26H27FN4O2. The summed E-state index contributed by atoms with van der Waals surface area (Å²) in [6.07, 6.45) is 2.82. The second-order valence-electron chi connectivity index (χ2n) is 8.02. The van der Waals surface area contributed by atoms with Crippen LogP contribution in [0.3, 0.4) is 0 Å². The van der Waals surface area contributed by atoms with E-state index in [1.807, 2.05) is 55.1 Å². The molecule has 0 aliphatic carbocycles. The van der Waals surface area contributed by atoms with Gasteiger partial charge in [-0.2, -0.15) is 0 Å². The molecule has 1 atom stereocenters. The maximum atomic E-state index is 13.5. The molecule has 4 rings (SSSR count). The summed E-state index contributed by atoms with van der Waals surface area (Å²) in [5, 5.41) is 3.89. The zero-order valence-corrected chi connectivity index (χ0v) is 18.8. The molecule has 4 aromatic rings. The molecule has 6 nitrogen and oxygen atoms in total. The lowest BCUT2D eigenvalue weighted by Gasteiger charge is -2.25. The standard InChI is InChI=1S/C26H27FN4O2/c1-3-18(2)28-24(32)14-15-31(17-21-7-6-16-33-21)26-22-8-4-5-9-23(22)29-25(30-26)19-10-12-20(27)13-11-19/h4-13,16,18H,3,14-15,17H2,1-2H3,(H,28,32)/t18-/m0/s1. The molecular weight excluding hydrogens is 419 g/mol. The molecule has 1 amide bonds. The van der Waals surface area contributed by atoms with Crippen molar-refractivity contribution in [2.45, 2.75) is 39.3 Å². The molecule has 0 aliphatic rings. The molecule has 33 heavy (non-hydrogen) atoms. The summed E-state index contributed by atoms with van der Waals surface area (Å²) >= 11 is 0. The first kappa shape index (κ1) is 22.5. The predicted octanol–water partition coefficient (Wildman–Crippen LogP) is 5.34. The van der Waals surface area contributed by atoms with Crippen LogP contribution in [0.4, 0.5) is 10.2 Å². The number of carbonyl (C=O) groups excluding carboxylic acids is 1. The van der Waals surface area contributed by atoms with E-state index in [9.17, 15) is 9.18 Å². The van der Waals surface area contributed by atoms with E-state index in [1.165, 1.54) is 12.1 Å². The third kappa shape index (κ3) is 5.55. The van der Waals surface area contributed by atoms with E-state index < -0.39 is 0 Å². The summed E-state index contributed by atoms with van der Waals surface area (Å²) in [6.45, 7) is 4.93. The van der Waals surface area contributed by atoms with Crippen LogP contribution in [0.2, 0.25) is 0 Å². The Morgan fingerprint density at radius 2 is 1.88 bits per heavy atom. The fraction of sp³-hybridized carbons (Fsp3) is 0.269. The van der Waals surface area contributed by atoms with Crippen molar-refractivity contribution >= 4 is 22.6 Å². The van der Waals surface area contributed by atoms with Crippen molar-refractivity contribution in [3.8, 4) is 11.4 Å². The van der Waals surface area contributed by atoms with Gasteiger partial charge in [0.15, 0.2) is 5.82 Å². The van der Waals surface area contributed by atoms with Crippen molar-refractivity contribution in [2.75, 3.05) is 11.4 Å². The van der Waals surface area contributed by atoms with Gasteiger partial charge in [0.25, 0.3) is 0 Å². The van der Waals surface area contributed by atoms with Crippen molar-refractivity contribution in [1.29, 1.82) is 0 Å². The highest BCUT2D eigenvalue weighted by Gasteiger charge is 2.18. The van der Waals surface area contributed by atoms with E-state index in [1.54, 1.807) is 18.4 Å². The Labute approximate surface area is 192 Å². The van der Waals surface area contributed by atoms with Crippen molar-refractivity contribution in [2.24, 2.45) is 0 Å². The zero-order valence-electron chi connectivity index (χ0n) is 18.8. The topological polar surface area (TPSA) is 71.3 Å². The molecule has 2 aromatic heterocycles. The second kappa shape index (κ2) is 10.3. The lowest BCUT2D eigenvalue weighted by atomic mass is 10.1. The van der Waals surface area contributed by atoms with Gasteiger partial charge in [0, 0.05) is 30.0 Å². The van der Waals surface area contributed by atoms with Crippen molar-refractivity contribution in [3.05, 3.63) is 78.5 Å². The third-order valence-electron chi connectivity index (χ3n) is 5.54. The maximum absolute atomic E-state index is 13.5. The van der Waals surface area contributed by atoms with E-state index >= 15 is 0 Å². The van der Waals surface area contributed by atoms with Gasteiger partial charge in [0.05, 0.1) is 18.3 Å². The minimum atomic E-state index is -0.313. The Balaban J connectivity index is 1.72. The Morgan fingerprint density at radius 3 is 2.61 bits per heavy atom. The third-order valence-corrected chi connectivity index (χ3v) is 5.54. The quantitative estimate of drug-likeness (QED) is 0.376.